The largest absolute Gasteiger partial charge is 0.467 e. The molecule has 0 heterocycles. The van der Waals surface area contributed by atoms with Gasteiger partial charge in [-0.05, 0) is 49.3 Å². The molecule has 2 rings (SSSR count). The van der Waals surface area contributed by atoms with E-state index in [4.69, 9.17) is 15.2 Å². The van der Waals surface area contributed by atoms with Gasteiger partial charge in [-0.3, -0.25) is 9.59 Å². The van der Waals surface area contributed by atoms with E-state index in [2.05, 4.69) is 10.6 Å². The molecule has 0 saturated heterocycles. The van der Waals surface area contributed by atoms with Crippen LogP contribution in [-0.4, -0.2) is 50.7 Å². The fraction of sp³-hybridized carbons (Fsp3) is 0.640. The molecule has 0 unspecified atom stereocenters. The number of benzene rings is 1. The number of anilines is 1. The van der Waals surface area contributed by atoms with Gasteiger partial charge in [-0.1, -0.05) is 38.8 Å². The van der Waals surface area contributed by atoms with Gasteiger partial charge in [0.25, 0.3) is 0 Å². The Morgan fingerprint density at radius 2 is 1.73 bits per heavy atom. The topological polar surface area (TPSA) is 120 Å². The summed E-state index contributed by atoms with van der Waals surface area (Å²) in [7, 11) is 2.94. The summed E-state index contributed by atoms with van der Waals surface area (Å²) in [4.78, 5) is 37.8. The smallest absolute Gasteiger partial charge is 0.328 e. The Bertz CT molecular complexity index is 788. The van der Waals surface area contributed by atoms with Crippen molar-refractivity contribution in [1.29, 1.82) is 0 Å². The third-order valence-corrected chi connectivity index (χ3v) is 6.34. The maximum absolute atomic E-state index is 13.2. The Labute approximate surface area is 197 Å². The minimum Gasteiger partial charge on any atom is -0.467 e. The number of amides is 2. The summed E-state index contributed by atoms with van der Waals surface area (Å²) >= 11 is 0. The first kappa shape index (κ1) is 26.8. The Hall–Kier alpha value is -2.45. The van der Waals surface area contributed by atoms with E-state index in [0.717, 1.165) is 31.2 Å². The van der Waals surface area contributed by atoms with Crippen molar-refractivity contribution in [3.63, 3.8) is 0 Å². The van der Waals surface area contributed by atoms with Crippen molar-refractivity contribution < 1.29 is 23.9 Å². The van der Waals surface area contributed by atoms with Gasteiger partial charge in [-0.25, -0.2) is 4.79 Å². The summed E-state index contributed by atoms with van der Waals surface area (Å²) in [5.74, 6) is -0.499. The van der Waals surface area contributed by atoms with Gasteiger partial charge in [0.2, 0.25) is 11.8 Å². The highest BCUT2D eigenvalue weighted by Crippen LogP contribution is 2.41. The standard InChI is InChI=1S/C25H39N3O5/c1-17(2)15-20(26)22(29)27-19-9-7-18(8-10-19)16-21(23(30)33-4)28-24(31)25(13-14-32-3)11-5-6-12-25/h7-10,17,20-21H,5-6,11-16,26H2,1-4H3,(H,27,29)(H,28,31)/t20-,21+/m1/s1. The summed E-state index contributed by atoms with van der Waals surface area (Å²) in [5, 5.41) is 5.75. The van der Waals surface area contributed by atoms with E-state index >= 15 is 0 Å². The maximum atomic E-state index is 13.2. The highest BCUT2D eigenvalue weighted by Gasteiger charge is 2.42. The molecule has 1 aromatic carbocycles. The van der Waals surface area contributed by atoms with Crippen LogP contribution in [0.2, 0.25) is 0 Å². The summed E-state index contributed by atoms with van der Waals surface area (Å²) in [5.41, 5.74) is 6.91. The normalized spacial score (nSPS) is 16.8. The van der Waals surface area contributed by atoms with Crippen molar-refractivity contribution >= 4 is 23.5 Å². The van der Waals surface area contributed by atoms with E-state index in [1.165, 1.54) is 7.11 Å². The molecule has 1 aromatic rings. The predicted molar refractivity (Wildman–Crippen MR) is 128 cm³/mol. The zero-order valence-corrected chi connectivity index (χ0v) is 20.3. The first-order valence-corrected chi connectivity index (χ1v) is 11.7. The molecule has 0 aliphatic heterocycles. The number of carbonyl (C=O) groups is 3. The number of ether oxygens (including phenoxy) is 2. The monoisotopic (exact) mass is 461 g/mol. The molecule has 2 atom stereocenters. The van der Waals surface area contributed by atoms with E-state index in [1.807, 2.05) is 26.0 Å². The van der Waals surface area contributed by atoms with Crippen molar-refractivity contribution in [2.45, 2.75) is 70.9 Å². The first-order chi connectivity index (χ1) is 15.7. The quantitative estimate of drug-likeness (QED) is 0.412. The van der Waals surface area contributed by atoms with E-state index < -0.39 is 23.5 Å². The zero-order chi connectivity index (χ0) is 24.4. The molecule has 1 fully saturated rings. The van der Waals surface area contributed by atoms with Crippen molar-refractivity contribution in [3.8, 4) is 0 Å². The predicted octanol–water partition coefficient (Wildman–Crippen LogP) is 2.80. The molecule has 33 heavy (non-hydrogen) atoms. The lowest BCUT2D eigenvalue weighted by Crippen LogP contribution is -2.49. The molecule has 0 spiro atoms. The molecule has 0 radical (unpaired) electrons. The SMILES string of the molecule is COCCC1(C(=O)N[C@@H](Cc2ccc(NC(=O)[C@H](N)CC(C)C)cc2)C(=O)OC)CCCC1. The lowest BCUT2D eigenvalue weighted by Gasteiger charge is -2.29. The van der Waals surface area contributed by atoms with Crippen molar-refractivity contribution in [1.82, 2.24) is 5.32 Å². The minimum atomic E-state index is -0.789. The van der Waals surface area contributed by atoms with Crippen LogP contribution in [0.25, 0.3) is 0 Å². The van der Waals surface area contributed by atoms with Crippen molar-refractivity contribution in [2.75, 3.05) is 26.1 Å². The molecule has 8 heteroatoms. The maximum Gasteiger partial charge on any atom is 0.328 e. The van der Waals surface area contributed by atoms with Gasteiger partial charge in [-0.15, -0.1) is 0 Å². The number of carbonyl (C=O) groups excluding carboxylic acids is 3. The van der Waals surface area contributed by atoms with Crippen LogP contribution >= 0.6 is 0 Å². The van der Waals surface area contributed by atoms with Crippen molar-refractivity contribution in [3.05, 3.63) is 29.8 Å². The van der Waals surface area contributed by atoms with Crippen LogP contribution in [0.1, 0.15) is 57.9 Å². The molecule has 0 bridgehead atoms. The number of esters is 1. The zero-order valence-electron chi connectivity index (χ0n) is 20.3. The molecule has 4 N–H and O–H groups in total. The minimum absolute atomic E-state index is 0.115. The van der Waals surface area contributed by atoms with Gasteiger partial charge in [0.1, 0.15) is 6.04 Å². The van der Waals surface area contributed by atoms with Crippen LogP contribution in [0, 0.1) is 11.3 Å². The summed E-state index contributed by atoms with van der Waals surface area (Å²) in [6.07, 6.45) is 5.11. The summed E-state index contributed by atoms with van der Waals surface area (Å²) < 4.78 is 10.2. The Kier molecular flexibility index (Phi) is 10.3. The summed E-state index contributed by atoms with van der Waals surface area (Å²) in [6.45, 7) is 4.54. The molecule has 8 nitrogen and oxygen atoms in total. The number of methoxy groups -OCH3 is 2. The molecule has 1 aliphatic carbocycles. The second-order valence-corrected chi connectivity index (χ2v) is 9.41. The molecule has 1 aliphatic rings. The Morgan fingerprint density at radius 3 is 2.27 bits per heavy atom. The highest BCUT2D eigenvalue weighted by atomic mass is 16.5. The van der Waals surface area contributed by atoms with Gasteiger partial charge < -0.3 is 25.8 Å². The third-order valence-electron chi connectivity index (χ3n) is 6.34. The molecule has 0 aromatic heterocycles. The average Bonchev–Trinajstić information content (AvgIpc) is 3.27. The van der Waals surface area contributed by atoms with Crippen LogP contribution in [0.4, 0.5) is 5.69 Å². The van der Waals surface area contributed by atoms with E-state index in [9.17, 15) is 14.4 Å². The van der Waals surface area contributed by atoms with E-state index in [0.29, 0.717) is 37.5 Å². The fourth-order valence-electron chi connectivity index (χ4n) is 4.40. The average molecular weight is 462 g/mol. The van der Waals surface area contributed by atoms with Gasteiger partial charge in [0.05, 0.1) is 18.6 Å². The lowest BCUT2D eigenvalue weighted by atomic mass is 9.81. The van der Waals surface area contributed by atoms with Gasteiger partial charge >= 0.3 is 5.97 Å². The first-order valence-electron chi connectivity index (χ1n) is 11.7. The van der Waals surface area contributed by atoms with E-state index in [-0.39, 0.29) is 11.8 Å². The molecular formula is C25H39N3O5. The van der Waals surface area contributed by atoms with Crippen LogP contribution < -0.4 is 16.4 Å². The Balaban J connectivity index is 2.04. The number of nitrogens with one attached hydrogen (secondary N) is 2. The van der Waals surface area contributed by atoms with Crippen molar-refractivity contribution in [2.24, 2.45) is 17.1 Å². The second-order valence-electron chi connectivity index (χ2n) is 9.41. The number of nitrogens with two attached hydrogens (primary N) is 1. The van der Waals surface area contributed by atoms with Crippen LogP contribution in [0.5, 0.6) is 0 Å². The Morgan fingerprint density at radius 1 is 1.09 bits per heavy atom. The third kappa shape index (κ3) is 7.82. The van der Waals surface area contributed by atoms with E-state index in [1.54, 1.807) is 19.2 Å². The molecule has 2 amide bonds. The molecule has 184 valence electrons. The van der Waals surface area contributed by atoms with Gasteiger partial charge in [0.15, 0.2) is 0 Å². The van der Waals surface area contributed by atoms with Gasteiger partial charge in [-0.2, -0.15) is 0 Å². The van der Waals surface area contributed by atoms with Crippen LogP contribution in [-0.2, 0) is 30.3 Å². The lowest BCUT2D eigenvalue weighted by molar-refractivity contribution is -0.146. The van der Waals surface area contributed by atoms with Crippen LogP contribution in [0.15, 0.2) is 24.3 Å². The highest BCUT2D eigenvalue weighted by molar-refractivity contribution is 5.94. The number of hydrogen-bond donors (Lipinski definition) is 3. The molecular weight excluding hydrogens is 422 g/mol. The second kappa shape index (κ2) is 12.7. The molecule has 1 saturated carbocycles. The number of rotatable bonds is 12. The fourth-order valence-corrected chi connectivity index (χ4v) is 4.40. The number of hydrogen-bond acceptors (Lipinski definition) is 6. The summed E-state index contributed by atoms with van der Waals surface area (Å²) in [6, 6.07) is 5.82. The van der Waals surface area contributed by atoms with Crippen LogP contribution in [0.3, 0.4) is 0 Å². The van der Waals surface area contributed by atoms with Gasteiger partial charge in [0, 0.05) is 25.8 Å².